The number of benzene rings is 2. The molecular weight excluding hydrogens is 464 g/mol. The molecule has 2 N–H and O–H groups in total. The summed E-state index contributed by atoms with van der Waals surface area (Å²) in [7, 11) is 4.52. The van der Waals surface area contributed by atoms with Crippen LogP contribution in [0.4, 0.5) is 5.95 Å². The monoisotopic (exact) mass is 492 g/mol. The van der Waals surface area contributed by atoms with Crippen LogP contribution in [0, 0.1) is 6.92 Å². The minimum Gasteiger partial charge on any atom is -0.497 e. The second-order valence-corrected chi connectivity index (χ2v) is 8.30. The number of nitrogens with one attached hydrogen (secondary N) is 1. The van der Waals surface area contributed by atoms with Crippen LogP contribution in [0.2, 0.25) is 0 Å². The van der Waals surface area contributed by atoms with Crippen LogP contribution in [0.5, 0.6) is 11.5 Å². The first-order valence-corrected chi connectivity index (χ1v) is 11.3. The lowest BCUT2D eigenvalue weighted by atomic mass is 10.2. The lowest BCUT2D eigenvalue weighted by Gasteiger charge is -2.16. The number of hydrogen-bond donors (Lipinski definition) is 2. The number of aliphatic hydroxyl groups is 1. The third-order valence-corrected chi connectivity index (χ3v) is 5.76. The summed E-state index contributed by atoms with van der Waals surface area (Å²) >= 11 is 0. The van der Waals surface area contributed by atoms with E-state index < -0.39 is 17.4 Å². The number of hydrazone groups is 1. The van der Waals surface area contributed by atoms with E-state index in [4.69, 9.17) is 9.47 Å². The SMILES string of the molecule is COc1ccc(/C=N\Nc2nc3c(c(=O)n(C)c(=O)n3C)n2C[C@H](O)COc2ccccc2C)cc1. The number of methoxy groups -OCH3 is 1. The van der Waals surface area contributed by atoms with Crippen molar-refractivity contribution in [2.24, 2.45) is 19.2 Å². The van der Waals surface area contributed by atoms with Crippen molar-refractivity contribution in [2.45, 2.75) is 19.6 Å². The number of aryl methyl sites for hydroxylation is 2. The van der Waals surface area contributed by atoms with Crippen molar-refractivity contribution in [3.05, 3.63) is 80.5 Å². The maximum Gasteiger partial charge on any atom is 0.332 e. The summed E-state index contributed by atoms with van der Waals surface area (Å²) in [5.41, 5.74) is 3.89. The van der Waals surface area contributed by atoms with Crippen LogP contribution in [0.25, 0.3) is 11.2 Å². The number of hydrogen-bond acceptors (Lipinski definition) is 8. The van der Waals surface area contributed by atoms with E-state index >= 15 is 0 Å². The number of imidazole rings is 1. The predicted octanol–water partition coefficient (Wildman–Crippen LogP) is 1.64. The van der Waals surface area contributed by atoms with Gasteiger partial charge in [0.15, 0.2) is 11.2 Å². The van der Waals surface area contributed by atoms with Gasteiger partial charge in [-0.25, -0.2) is 10.2 Å². The molecule has 0 bridgehead atoms. The Hall–Kier alpha value is -4.38. The van der Waals surface area contributed by atoms with E-state index in [-0.39, 0.29) is 30.3 Å². The molecule has 4 aromatic rings. The second kappa shape index (κ2) is 10.5. The first-order chi connectivity index (χ1) is 17.3. The number of ether oxygens (including phenoxy) is 2. The summed E-state index contributed by atoms with van der Waals surface area (Å²) in [6.07, 6.45) is 0.605. The van der Waals surface area contributed by atoms with Gasteiger partial charge in [0.1, 0.15) is 24.2 Å². The Bertz CT molecular complexity index is 1520. The van der Waals surface area contributed by atoms with Gasteiger partial charge in [-0.1, -0.05) is 18.2 Å². The molecule has 2 aromatic carbocycles. The van der Waals surface area contributed by atoms with Crippen LogP contribution in [0.3, 0.4) is 0 Å². The van der Waals surface area contributed by atoms with Gasteiger partial charge in [0.05, 0.1) is 19.9 Å². The Kier molecular flexibility index (Phi) is 7.20. The Morgan fingerprint density at radius 2 is 1.83 bits per heavy atom. The quantitative estimate of drug-likeness (QED) is 0.269. The van der Waals surface area contributed by atoms with Crippen LogP contribution in [0.1, 0.15) is 11.1 Å². The molecule has 0 aliphatic rings. The lowest BCUT2D eigenvalue weighted by Crippen LogP contribution is -2.38. The van der Waals surface area contributed by atoms with Crippen LogP contribution in [-0.2, 0) is 20.6 Å². The van der Waals surface area contributed by atoms with Crippen molar-refractivity contribution in [1.82, 2.24) is 18.7 Å². The fourth-order valence-corrected chi connectivity index (χ4v) is 3.73. The van der Waals surface area contributed by atoms with Crippen molar-refractivity contribution >= 4 is 23.3 Å². The van der Waals surface area contributed by atoms with Crippen molar-refractivity contribution < 1.29 is 14.6 Å². The summed E-state index contributed by atoms with van der Waals surface area (Å²) in [4.78, 5) is 29.9. The van der Waals surface area contributed by atoms with E-state index in [0.717, 1.165) is 21.4 Å². The van der Waals surface area contributed by atoms with Gasteiger partial charge in [-0.15, -0.1) is 0 Å². The molecule has 4 rings (SSSR count). The zero-order chi connectivity index (χ0) is 25.8. The summed E-state index contributed by atoms with van der Waals surface area (Å²) in [6, 6.07) is 14.8. The van der Waals surface area contributed by atoms with Crippen molar-refractivity contribution in [3.8, 4) is 11.5 Å². The Labute approximate surface area is 206 Å². The minimum atomic E-state index is -0.977. The summed E-state index contributed by atoms with van der Waals surface area (Å²) in [5, 5.41) is 15.0. The smallest absolute Gasteiger partial charge is 0.332 e. The summed E-state index contributed by atoms with van der Waals surface area (Å²) < 4.78 is 14.7. The van der Waals surface area contributed by atoms with Crippen LogP contribution >= 0.6 is 0 Å². The number of fused-ring (bicyclic) bond motifs is 1. The minimum absolute atomic E-state index is 0.00877. The Balaban J connectivity index is 1.64. The molecule has 0 spiro atoms. The Morgan fingerprint density at radius 1 is 1.11 bits per heavy atom. The summed E-state index contributed by atoms with van der Waals surface area (Å²) in [6.45, 7) is 1.89. The summed E-state index contributed by atoms with van der Waals surface area (Å²) in [5.74, 6) is 1.58. The molecule has 188 valence electrons. The molecule has 0 saturated heterocycles. The predicted molar refractivity (Wildman–Crippen MR) is 137 cm³/mol. The fourth-order valence-electron chi connectivity index (χ4n) is 3.73. The number of para-hydroxylation sites is 1. The maximum absolute atomic E-state index is 13.0. The molecule has 11 heteroatoms. The molecule has 0 amide bonds. The third kappa shape index (κ3) is 5.01. The average molecular weight is 493 g/mol. The van der Waals surface area contributed by atoms with Gasteiger partial charge in [0.25, 0.3) is 5.56 Å². The van der Waals surface area contributed by atoms with Gasteiger partial charge in [0, 0.05) is 14.1 Å². The van der Waals surface area contributed by atoms with E-state index in [1.807, 2.05) is 43.3 Å². The molecule has 0 radical (unpaired) electrons. The number of aliphatic hydroxyl groups excluding tert-OH is 1. The van der Waals surface area contributed by atoms with Crippen LogP contribution < -0.4 is 26.1 Å². The van der Waals surface area contributed by atoms with Gasteiger partial charge >= 0.3 is 5.69 Å². The van der Waals surface area contributed by atoms with Gasteiger partial charge in [0.2, 0.25) is 5.95 Å². The standard InChI is InChI=1S/C25H28N6O5/c1-16-7-5-6-8-20(16)36-15-18(32)14-31-21-22(29(2)25(34)30(3)23(21)33)27-24(31)28-26-13-17-9-11-19(35-4)12-10-17/h5-13,18,32H,14-15H2,1-4H3,(H,27,28)/b26-13-/t18-/m0/s1. The van der Waals surface area contributed by atoms with E-state index in [9.17, 15) is 14.7 Å². The molecule has 0 fully saturated rings. The number of rotatable bonds is 9. The molecule has 1 atom stereocenters. The highest BCUT2D eigenvalue weighted by molar-refractivity contribution is 5.80. The first-order valence-electron chi connectivity index (χ1n) is 11.3. The average Bonchev–Trinajstić information content (AvgIpc) is 3.24. The van der Waals surface area contributed by atoms with E-state index in [1.165, 1.54) is 23.2 Å². The van der Waals surface area contributed by atoms with Gasteiger partial charge in [-0.2, -0.15) is 10.1 Å². The molecule has 11 nitrogen and oxygen atoms in total. The maximum atomic E-state index is 13.0. The largest absolute Gasteiger partial charge is 0.497 e. The fraction of sp³-hybridized carbons (Fsp3) is 0.280. The molecule has 0 saturated carbocycles. The van der Waals surface area contributed by atoms with Crippen molar-refractivity contribution in [2.75, 3.05) is 19.1 Å². The molecular formula is C25H28N6O5. The highest BCUT2D eigenvalue weighted by Gasteiger charge is 2.21. The van der Waals surface area contributed by atoms with Gasteiger partial charge in [-0.05, 0) is 48.4 Å². The van der Waals surface area contributed by atoms with Gasteiger partial charge < -0.3 is 19.1 Å². The first kappa shape index (κ1) is 24.7. The van der Waals surface area contributed by atoms with Crippen molar-refractivity contribution in [3.63, 3.8) is 0 Å². The molecule has 36 heavy (non-hydrogen) atoms. The number of aromatic nitrogens is 4. The number of nitrogens with zero attached hydrogens (tertiary/aromatic N) is 5. The van der Waals surface area contributed by atoms with E-state index in [0.29, 0.717) is 5.75 Å². The van der Waals surface area contributed by atoms with Crippen LogP contribution in [-0.4, -0.2) is 49.8 Å². The topological polar surface area (TPSA) is 125 Å². The molecule has 2 aromatic heterocycles. The highest BCUT2D eigenvalue weighted by Crippen LogP contribution is 2.19. The van der Waals surface area contributed by atoms with Gasteiger partial charge in [-0.3, -0.25) is 13.9 Å². The van der Waals surface area contributed by atoms with E-state index in [1.54, 1.807) is 25.5 Å². The zero-order valence-electron chi connectivity index (χ0n) is 20.5. The van der Waals surface area contributed by atoms with E-state index in [2.05, 4.69) is 15.5 Å². The zero-order valence-corrected chi connectivity index (χ0v) is 20.5. The normalized spacial score (nSPS) is 12.2. The molecule has 2 heterocycles. The molecule has 0 aliphatic carbocycles. The Morgan fingerprint density at radius 3 is 2.53 bits per heavy atom. The van der Waals surface area contributed by atoms with Crippen molar-refractivity contribution in [1.29, 1.82) is 0 Å². The highest BCUT2D eigenvalue weighted by atomic mass is 16.5. The van der Waals surface area contributed by atoms with Crippen LogP contribution in [0.15, 0.2) is 63.2 Å². The second-order valence-electron chi connectivity index (χ2n) is 8.30. The third-order valence-electron chi connectivity index (χ3n) is 5.76. The molecule has 0 unspecified atom stereocenters. The number of anilines is 1. The molecule has 0 aliphatic heterocycles. The lowest BCUT2D eigenvalue weighted by molar-refractivity contribution is 0.0935.